The second kappa shape index (κ2) is 5.73. The number of hydrogen-bond acceptors (Lipinski definition) is 4. The number of rotatable bonds is 2. The largest absolute Gasteiger partial charge is 0.363 e. The predicted octanol–water partition coefficient (Wildman–Crippen LogP) is 4.41. The molecule has 0 saturated heterocycles. The Kier molecular flexibility index (Phi) is 3.62. The summed E-state index contributed by atoms with van der Waals surface area (Å²) in [6.45, 7) is 0. The maximum Gasteiger partial charge on any atom is 0.132 e. The highest BCUT2D eigenvalue weighted by molar-refractivity contribution is 6.33. The molecule has 3 aromatic rings. The van der Waals surface area contributed by atoms with Crippen LogP contribution in [0.1, 0.15) is 11.1 Å². The van der Waals surface area contributed by atoms with Crippen LogP contribution in [-0.4, -0.2) is 5.16 Å². The summed E-state index contributed by atoms with van der Waals surface area (Å²) in [5.74, 6) is 0. The molecule has 0 atom stereocenters. The van der Waals surface area contributed by atoms with Crippen molar-refractivity contribution >= 4 is 11.6 Å². The molecule has 0 N–H and O–H groups in total. The van der Waals surface area contributed by atoms with Gasteiger partial charge in [-0.2, -0.15) is 10.5 Å². The van der Waals surface area contributed by atoms with Gasteiger partial charge in [-0.3, -0.25) is 0 Å². The highest BCUT2D eigenvalue weighted by Gasteiger charge is 2.16. The molecule has 0 aliphatic carbocycles. The number of aromatic nitrogens is 1. The molecule has 4 nitrogen and oxygen atoms in total. The number of halogens is 1. The number of hydrogen-bond donors (Lipinski definition) is 0. The maximum absolute atomic E-state index is 9.03. The third-order valence-electron chi connectivity index (χ3n) is 3.22. The van der Waals surface area contributed by atoms with Gasteiger partial charge in [-0.15, -0.1) is 0 Å². The summed E-state index contributed by atoms with van der Waals surface area (Å²) in [5.41, 5.74) is 3.70. The van der Waals surface area contributed by atoms with Gasteiger partial charge in [0.05, 0.1) is 28.3 Å². The molecule has 0 fully saturated rings. The van der Waals surface area contributed by atoms with Crippen LogP contribution in [0.4, 0.5) is 0 Å². The zero-order valence-electron chi connectivity index (χ0n) is 11.2. The number of benzene rings is 2. The third-order valence-corrected chi connectivity index (χ3v) is 3.55. The minimum absolute atomic E-state index is 0.477. The van der Waals surface area contributed by atoms with Crippen LogP contribution in [0.5, 0.6) is 0 Å². The van der Waals surface area contributed by atoms with Gasteiger partial charge in [0.25, 0.3) is 0 Å². The summed E-state index contributed by atoms with van der Waals surface area (Å²) in [6, 6.07) is 16.2. The van der Waals surface area contributed by atoms with Gasteiger partial charge in [-0.05, 0) is 35.9 Å². The molecule has 0 radical (unpaired) electrons. The fourth-order valence-corrected chi connectivity index (χ4v) is 2.38. The van der Waals surface area contributed by atoms with Crippen LogP contribution >= 0.6 is 11.6 Å². The lowest BCUT2D eigenvalue weighted by Crippen LogP contribution is -1.86. The summed E-state index contributed by atoms with van der Waals surface area (Å²) in [7, 11) is 0. The standard InChI is InChI=1S/C17H8ClN3O/c18-16-5-4-12(9-20)7-14(16)17-15(10-22-21-17)13-3-1-2-11(6-13)8-19/h1-7,10H. The molecular formula is C17H8ClN3O. The summed E-state index contributed by atoms with van der Waals surface area (Å²) in [5, 5.41) is 22.5. The van der Waals surface area contributed by atoms with Crippen molar-refractivity contribution in [1.29, 1.82) is 10.5 Å². The first kappa shape index (κ1) is 13.9. The van der Waals surface area contributed by atoms with Gasteiger partial charge in [-0.25, -0.2) is 0 Å². The van der Waals surface area contributed by atoms with Crippen LogP contribution in [-0.2, 0) is 0 Å². The average molecular weight is 306 g/mol. The lowest BCUT2D eigenvalue weighted by Gasteiger charge is -2.05. The highest BCUT2D eigenvalue weighted by atomic mass is 35.5. The molecule has 5 heteroatoms. The van der Waals surface area contributed by atoms with Crippen molar-refractivity contribution in [1.82, 2.24) is 5.16 Å². The Hall–Kier alpha value is -3.08. The van der Waals surface area contributed by atoms with Crippen molar-refractivity contribution < 1.29 is 4.52 Å². The first-order valence-corrected chi connectivity index (χ1v) is 6.75. The Morgan fingerprint density at radius 3 is 2.50 bits per heavy atom. The van der Waals surface area contributed by atoms with E-state index in [2.05, 4.69) is 17.3 Å². The maximum atomic E-state index is 9.03. The van der Waals surface area contributed by atoms with Crippen molar-refractivity contribution in [2.45, 2.75) is 0 Å². The van der Waals surface area contributed by atoms with E-state index in [9.17, 15) is 0 Å². The molecule has 0 aliphatic heterocycles. The molecule has 3 rings (SSSR count). The van der Waals surface area contributed by atoms with E-state index in [0.717, 1.165) is 5.56 Å². The normalized spacial score (nSPS) is 9.95. The van der Waals surface area contributed by atoms with E-state index in [4.69, 9.17) is 26.6 Å². The Morgan fingerprint density at radius 2 is 1.73 bits per heavy atom. The van der Waals surface area contributed by atoms with Gasteiger partial charge in [0.2, 0.25) is 0 Å². The lowest BCUT2D eigenvalue weighted by molar-refractivity contribution is 0.422. The van der Waals surface area contributed by atoms with Gasteiger partial charge in [0.15, 0.2) is 0 Å². The molecule has 1 aromatic heterocycles. The molecule has 0 spiro atoms. The summed E-state index contributed by atoms with van der Waals surface area (Å²) in [4.78, 5) is 0. The van der Waals surface area contributed by atoms with E-state index in [1.165, 1.54) is 6.26 Å². The molecule has 0 saturated carbocycles. The molecule has 0 aliphatic rings. The van der Waals surface area contributed by atoms with Gasteiger partial charge in [0, 0.05) is 11.1 Å². The van der Waals surface area contributed by atoms with Crippen LogP contribution in [0.2, 0.25) is 5.02 Å². The summed E-state index contributed by atoms with van der Waals surface area (Å²) >= 11 is 6.22. The fraction of sp³-hybridized carbons (Fsp3) is 0. The van der Waals surface area contributed by atoms with Crippen molar-refractivity contribution in [2.24, 2.45) is 0 Å². The lowest BCUT2D eigenvalue weighted by atomic mass is 9.99. The van der Waals surface area contributed by atoms with Gasteiger partial charge in [-0.1, -0.05) is 28.9 Å². The molecule has 0 amide bonds. The van der Waals surface area contributed by atoms with Crippen molar-refractivity contribution in [3.8, 4) is 34.5 Å². The minimum Gasteiger partial charge on any atom is -0.363 e. The summed E-state index contributed by atoms with van der Waals surface area (Å²) in [6.07, 6.45) is 1.50. The Balaban J connectivity index is 2.18. The third kappa shape index (κ3) is 2.44. The monoisotopic (exact) mass is 305 g/mol. The molecule has 2 aromatic carbocycles. The first-order valence-electron chi connectivity index (χ1n) is 6.38. The number of nitriles is 2. The van der Waals surface area contributed by atoms with Crippen LogP contribution in [0.25, 0.3) is 22.4 Å². The first-order chi connectivity index (χ1) is 10.7. The molecule has 104 valence electrons. The highest BCUT2D eigenvalue weighted by Crippen LogP contribution is 2.35. The van der Waals surface area contributed by atoms with E-state index in [0.29, 0.717) is 33.0 Å². The smallest absolute Gasteiger partial charge is 0.132 e. The zero-order chi connectivity index (χ0) is 15.5. The zero-order valence-corrected chi connectivity index (χ0v) is 12.0. The minimum atomic E-state index is 0.477. The van der Waals surface area contributed by atoms with Crippen LogP contribution in [0.15, 0.2) is 53.3 Å². The van der Waals surface area contributed by atoms with E-state index in [1.807, 2.05) is 6.07 Å². The summed E-state index contributed by atoms with van der Waals surface area (Å²) < 4.78 is 5.08. The molecule has 0 unspecified atom stereocenters. The Bertz CT molecular complexity index is 932. The predicted molar refractivity (Wildman–Crippen MR) is 81.8 cm³/mol. The van der Waals surface area contributed by atoms with E-state index in [-0.39, 0.29) is 0 Å². The Labute approximate surface area is 131 Å². The topological polar surface area (TPSA) is 73.6 Å². The average Bonchev–Trinajstić information content (AvgIpc) is 3.05. The van der Waals surface area contributed by atoms with Crippen molar-refractivity contribution in [3.05, 3.63) is 64.9 Å². The molecule has 1 heterocycles. The SMILES string of the molecule is N#Cc1cccc(-c2conc2-c2cc(C#N)ccc2Cl)c1. The van der Waals surface area contributed by atoms with Crippen LogP contribution in [0, 0.1) is 22.7 Å². The van der Waals surface area contributed by atoms with Gasteiger partial charge >= 0.3 is 0 Å². The second-order valence-corrected chi connectivity index (χ2v) is 4.98. The van der Waals surface area contributed by atoms with Gasteiger partial charge < -0.3 is 4.52 Å². The quantitative estimate of drug-likeness (QED) is 0.703. The molecule has 0 bridgehead atoms. The van der Waals surface area contributed by atoms with E-state index >= 15 is 0 Å². The fourth-order valence-electron chi connectivity index (χ4n) is 2.17. The van der Waals surface area contributed by atoms with Crippen molar-refractivity contribution in [3.63, 3.8) is 0 Å². The molecular weight excluding hydrogens is 298 g/mol. The molecule has 22 heavy (non-hydrogen) atoms. The van der Waals surface area contributed by atoms with E-state index in [1.54, 1.807) is 36.4 Å². The van der Waals surface area contributed by atoms with Crippen LogP contribution in [0.3, 0.4) is 0 Å². The number of nitrogens with zero attached hydrogens (tertiary/aromatic N) is 3. The second-order valence-electron chi connectivity index (χ2n) is 4.58. The van der Waals surface area contributed by atoms with Crippen molar-refractivity contribution in [2.75, 3.05) is 0 Å². The van der Waals surface area contributed by atoms with Crippen LogP contribution < -0.4 is 0 Å². The van der Waals surface area contributed by atoms with Gasteiger partial charge in [0.1, 0.15) is 12.0 Å². The Morgan fingerprint density at radius 1 is 0.955 bits per heavy atom. The van der Waals surface area contributed by atoms with E-state index < -0.39 is 0 Å².